The van der Waals surface area contributed by atoms with Gasteiger partial charge in [0.15, 0.2) is 12.3 Å². The van der Waals surface area contributed by atoms with Gasteiger partial charge in [-0.15, -0.1) is 0 Å². The van der Waals surface area contributed by atoms with E-state index in [0.717, 1.165) is 38.0 Å². The average Bonchev–Trinajstić information content (AvgIpc) is 3.10. The third-order valence-corrected chi connectivity index (χ3v) is 4.92. The van der Waals surface area contributed by atoms with Crippen molar-refractivity contribution in [1.82, 2.24) is 19.7 Å². The zero-order valence-corrected chi connectivity index (χ0v) is 16.6. The third kappa shape index (κ3) is 4.12. The summed E-state index contributed by atoms with van der Waals surface area (Å²) in [6.07, 6.45) is 4.82. The van der Waals surface area contributed by atoms with Crippen LogP contribution in [-0.4, -0.2) is 51.2 Å². The summed E-state index contributed by atoms with van der Waals surface area (Å²) in [7, 11) is 0. The van der Waals surface area contributed by atoms with E-state index < -0.39 is 5.97 Å². The number of rotatable bonds is 5. The Bertz CT molecular complexity index is 835. The molecule has 0 spiro atoms. The van der Waals surface area contributed by atoms with E-state index >= 15 is 0 Å². The predicted molar refractivity (Wildman–Crippen MR) is 103 cm³/mol. The fourth-order valence-corrected chi connectivity index (χ4v) is 3.32. The number of hydrogen-bond acceptors (Lipinski definition) is 5. The van der Waals surface area contributed by atoms with Crippen molar-refractivity contribution in [3.63, 3.8) is 0 Å². The molecular formula is C20H28N4O3. The number of hydrogen-bond donors (Lipinski definition) is 0. The molecule has 2 aromatic heterocycles. The van der Waals surface area contributed by atoms with Gasteiger partial charge >= 0.3 is 5.97 Å². The van der Waals surface area contributed by atoms with E-state index in [4.69, 9.17) is 4.74 Å². The molecule has 2 aromatic rings. The number of pyridine rings is 1. The lowest BCUT2D eigenvalue weighted by molar-refractivity contribution is -0.135. The lowest BCUT2D eigenvalue weighted by atomic mass is 10.1. The van der Waals surface area contributed by atoms with E-state index in [1.807, 2.05) is 27.7 Å². The fourth-order valence-electron chi connectivity index (χ4n) is 3.32. The summed E-state index contributed by atoms with van der Waals surface area (Å²) in [6, 6.07) is 1.88. The molecule has 1 saturated heterocycles. The van der Waals surface area contributed by atoms with Crippen molar-refractivity contribution < 1.29 is 14.3 Å². The summed E-state index contributed by atoms with van der Waals surface area (Å²) in [5.74, 6) is -0.472. The van der Waals surface area contributed by atoms with Crippen molar-refractivity contribution in [1.29, 1.82) is 0 Å². The number of esters is 1. The van der Waals surface area contributed by atoms with Crippen LogP contribution in [0.2, 0.25) is 0 Å². The zero-order chi connectivity index (χ0) is 19.6. The number of piperidine rings is 1. The molecule has 7 heteroatoms. The Morgan fingerprint density at radius 3 is 2.48 bits per heavy atom. The summed E-state index contributed by atoms with van der Waals surface area (Å²) >= 11 is 0. The smallest absolute Gasteiger partial charge is 0.339 e. The number of likely N-dealkylation sites (tertiary alicyclic amines) is 1. The maximum absolute atomic E-state index is 12.7. The van der Waals surface area contributed by atoms with Crippen LogP contribution < -0.4 is 0 Å². The van der Waals surface area contributed by atoms with Crippen LogP contribution in [0, 0.1) is 0 Å². The molecule has 0 aromatic carbocycles. The minimum Gasteiger partial charge on any atom is -0.452 e. The van der Waals surface area contributed by atoms with Crippen LogP contribution in [0.15, 0.2) is 12.3 Å². The Balaban J connectivity index is 1.83. The van der Waals surface area contributed by atoms with Crippen LogP contribution in [0.1, 0.15) is 75.0 Å². The minimum atomic E-state index is -0.502. The van der Waals surface area contributed by atoms with Gasteiger partial charge in [-0.2, -0.15) is 5.10 Å². The van der Waals surface area contributed by atoms with Gasteiger partial charge in [0.05, 0.1) is 17.1 Å². The minimum absolute atomic E-state index is 0.127. The molecule has 0 saturated carbocycles. The Morgan fingerprint density at radius 2 is 1.85 bits per heavy atom. The van der Waals surface area contributed by atoms with Gasteiger partial charge in [0.2, 0.25) is 0 Å². The molecule has 1 aliphatic heterocycles. The van der Waals surface area contributed by atoms with E-state index in [1.165, 1.54) is 0 Å². The maximum Gasteiger partial charge on any atom is 0.339 e. The summed E-state index contributed by atoms with van der Waals surface area (Å²) in [4.78, 5) is 31.5. The molecule has 7 nitrogen and oxygen atoms in total. The van der Waals surface area contributed by atoms with Gasteiger partial charge in [-0.1, -0.05) is 13.8 Å². The van der Waals surface area contributed by atoms with Crippen molar-refractivity contribution in [3.05, 3.63) is 23.5 Å². The molecule has 0 unspecified atom stereocenters. The quantitative estimate of drug-likeness (QED) is 0.753. The fraction of sp³-hybridized carbons (Fsp3) is 0.600. The molecule has 146 valence electrons. The first-order valence-electron chi connectivity index (χ1n) is 9.71. The zero-order valence-electron chi connectivity index (χ0n) is 16.6. The van der Waals surface area contributed by atoms with Gasteiger partial charge in [0.1, 0.15) is 0 Å². The highest BCUT2D eigenvalue weighted by Gasteiger charge is 2.22. The number of nitrogens with zero attached hydrogens (tertiary/aromatic N) is 4. The van der Waals surface area contributed by atoms with Crippen LogP contribution >= 0.6 is 0 Å². The average molecular weight is 372 g/mol. The van der Waals surface area contributed by atoms with E-state index in [2.05, 4.69) is 10.1 Å². The Morgan fingerprint density at radius 1 is 1.15 bits per heavy atom. The normalized spacial score (nSPS) is 15.0. The number of carbonyl (C=O) groups is 2. The molecule has 0 aliphatic carbocycles. The van der Waals surface area contributed by atoms with E-state index in [-0.39, 0.29) is 24.5 Å². The molecule has 0 atom stereocenters. The van der Waals surface area contributed by atoms with Crippen molar-refractivity contribution in [3.8, 4) is 0 Å². The Labute approximate surface area is 159 Å². The SMILES string of the molecule is CC(C)c1cc(C(=O)OCC(=O)N2CCCCC2)c2cnn(C(C)C)c2n1. The molecular weight excluding hydrogens is 344 g/mol. The molecule has 0 bridgehead atoms. The van der Waals surface area contributed by atoms with Crippen LogP contribution in [0.5, 0.6) is 0 Å². The van der Waals surface area contributed by atoms with E-state index in [9.17, 15) is 9.59 Å². The lowest BCUT2D eigenvalue weighted by Crippen LogP contribution is -2.38. The second kappa shape index (κ2) is 8.06. The largest absolute Gasteiger partial charge is 0.452 e. The molecule has 1 aliphatic rings. The third-order valence-electron chi connectivity index (χ3n) is 4.92. The molecule has 1 amide bonds. The van der Waals surface area contributed by atoms with Crippen molar-refractivity contribution in [2.75, 3.05) is 19.7 Å². The second-order valence-corrected chi connectivity index (χ2v) is 7.69. The van der Waals surface area contributed by atoms with Gasteiger partial charge in [-0.05, 0) is 45.1 Å². The Kier molecular flexibility index (Phi) is 5.77. The van der Waals surface area contributed by atoms with E-state index in [1.54, 1.807) is 21.8 Å². The van der Waals surface area contributed by atoms with E-state index in [0.29, 0.717) is 16.6 Å². The monoisotopic (exact) mass is 372 g/mol. The first-order chi connectivity index (χ1) is 12.9. The number of amides is 1. The highest BCUT2D eigenvalue weighted by atomic mass is 16.5. The maximum atomic E-state index is 12.7. The molecule has 0 N–H and O–H groups in total. The summed E-state index contributed by atoms with van der Waals surface area (Å²) in [5.41, 5.74) is 1.90. The summed E-state index contributed by atoms with van der Waals surface area (Å²) in [5, 5.41) is 5.03. The highest BCUT2D eigenvalue weighted by Crippen LogP contribution is 2.25. The van der Waals surface area contributed by atoms with Crippen molar-refractivity contribution >= 4 is 22.9 Å². The lowest BCUT2D eigenvalue weighted by Gasteiger charge is -2.26. The summed E-state index contributed by atoms with van der Waals surface area (Å²) < 4.78 is 7.16. The molecule has 27 heavy (non-hydrogen) atoms. The van der Waals surface area contributed by atoms with Gasteiger partial charge in [0.25, 0.3) is 5.91 Å². The first-order valence-corrected chi connectivity index (χ1v) is 9.71. The van der Waals surface area contributed by atoms with Gasteiger partial charge in [0, 0.05) is 24.8 Å². The summed E-state index contributed by atoms with van der Waals surface area (Å²) in [6.45, 7) is 9.36. The first kappa shape index (κ1) is 19.3. The van der Waals surface area contributed by atoms with Crippen LogP contribution in [0.25, 0.3) is 11.0 Å². The van der Waals surface area contributed by atoms with Crippen LogP contribution in [0.3, 0.4) is 0 Å². The number of aromatic nitrogens is 3. The Hall–Kier alpha value is -2.44. The second-order valence-electron chi connectivity index (χ2n) is 7.69. The van der Waals surface area contributed by atoms with Gasteiger partial charge in [-0.3, -0.25) is 4.79 Å². The van der Waals surface area contributed by atoms with Crippen LogP contribution in [-0.2, 0) is 9.53 Å². The van der Waals surface area contributed by atoms with Crippen molar-refractivity contribution in [2.45, 2.75) is 58.9 Å². The topological polar surface area (TPSA) is 77.3 Å². The number of carbonyl (C=O) groups excluding carboxylic acids is 2. The molecule has 3 heterocycles. The van der Waals surface area contributed by atoms with Gasteiger partial charge in [-0.25, -0.2) is 14.5 Å². The van der Waals surface area contributed by atoms with Gasteiger partial charge < -0.3 is 9.64 Å². The standard InChI is InChI=1S/C20H28N4O3/c1-13(2)17-10-15(16-11-21-24(14(3)4)19(16)22-17)20(26)27-12-18(25)23-8-6-5-7-9-23/h10-11,13-14H,5-9,12H2,1-4H3. The van der Waals surface area contributed by atoms with Crippen LogP contribution in [0.4, 0.5) is 0 Å². The highest BCUT2D eigenvalue weighted by molar-refractivity contribution is 6.03. The van der Waals surface area contributed by atoms with Crippen molar-refractivity contribution in [2.24, 2.45) is 0 Å². The predicted octanol–water partition coefficient (Wildman–Crippen LogP) is 3.30. The number of fused-ring (bicyclic) bond motifs is 1. The number of ether oxygens (including phenoxy) is 1. The molecule has 0 radical (unpaired) electrons. The molecule has 3 rings (SSSR count). The molecule has 1 fully saturated rings.